The number of rotatable bonds is 6. The number of aryl methyl sites for hydroxylation is 1. The predicted octanol–water partition coefficient (Wildman–Crippen LogP) is 4.32. The lowest BCUT2D eigenvalue weighted by Gasteiger charge is -2.24. The van der Waals surface area contributed by atoms with Crippen LogP contribution in [0.15, 0.2) is 53.7 Å². The Bertz CT molecular complexity index is 1070. The number of guanidine groups is 1. The highest BCUT2D eigenvalue weighted by atomic mass is 127. The zero-order chi connectivity index (χ0) is 20.9. The van der Waals surface area contributed by atoms with Crippen LogP contribution in [0, 0.1) is 6.92 Å². The number of benzene rings is 2. The molecule has 0 spiro atoms. The fourth-order valence-electron chi connectivity index (χ4n) is 4.17. The summed E-state index contributed by atoms with van der Waals surface area (Å²) in [4.78, 5) is 20.2. The molecule has 164 valence electrons. The van der Waals surface area contributed by atoms with Gasteiger partial charge in [-0.15, -0.1) is 24.0 Å². The van der Waals surface area contributed by atoms with Gasteiger partial charge in [0, 0.05) is 48.2 Å². The Hall–Kier alpha value is -2.55. The van der Waals surface area contributed by atoms with Crippen molar-refractivity contribution in [2.24, 2.45) is 4.99 Å². The Kier molecular flexibility index (Phi) is 7.95. The number of nitrogens with one attached hydrogen (secondary N) is 4. The van der Waals surface area contributed by atoms with Gasteiger partial charge in [-0.25, -0.2) is 0 Å². The minimum Gasteiger partial charge on any atom is -0.361 e. The molecule has 0 fully saturated rings. The largest absolute Gasteiger partial charge is 0.361 e. The van der Waals surface area contributed by atoms with Gasteiger partial charge in [-0.2, -0.15) is 0 Å². The maximum absolute atomic E-state index is 12.1. The van der Waals surface area contributed by atoms with Crippen molar-refractivity contribution in [1.82, 2.24) is 15.6 Å². The first-order valence-corrected chi connectivity index (χ1v) is 10.6. The van der Waals surface area contributed by atoms with Crippen LogP contribution in [0.4, 0.5) is 5.69 Å². The zero-order valence-electron chi connectivity index (χ0n) is 18.0. The van der Waals surface area contributed by atoms with Crippen LogP contribution in [0.25, 0.3) is 10.9 Å². The number of hydrogen-bond donors (Lipinski definition) is 4. The zero-order valence-corrected chi connectivity index (χ0v) is 20.3. The molecule has 0 bridgehead atoms. The van der Waals surface area contributed by atoms with Crippen LogP contribution in [0.2, 0.25) is 0 Å². The number of aromatic nitrogens is 1. The number of carbonyl (C=O) groups is 1. The van der Waals surface area contributed by atoms with Crippen LogP contribution < -0.4 is 16.0 Å². The standard InChI is InChI=1S/C24H29N5O.HI/c1-3-25-24(26-12-11-17-14-27-21-10-6-7-16(2)23(17)21)28-15-18-13-22(30)29-20-9-5-4-8-19(18)20;/h4-10,14,18,27H,3,11-13,15H2,1-2H3,(H,29,30)(H2,25,26,28);1H. The molecule has 7 heteroatoms. The number of nitrogens with zero attached hydrogens (tertiary/aromatic N) is 1. The highest BCUT2D eigenvalue weighted by Gasteiger charge is 2.24. The van der Waals surface area contributed by atoms with Crippen molar-refractivity contribution in [3.63, 3.8) is 0 Å². The maximum Gasteiger partial charge on any atom is 0.225 e. The van der Waals surface area contributed by atoms with E-state index in [4.69, 9.17) is 4.99 Å². The molecule has 1 aliphatic rings. The van der Waals surface area contributed by atoms with E-state index in [1.165, 1.54) is 22.0 Å². The number of H-pyrrole nitrogens is 1. The number of hydrogen-bond acceptors (Lipinski definition) is 2. The highest BCUT2D eigenvalue weighted by molar-refractivity contribution is 14.0. The van der Waals surface area contributed by atoms with E-state index in [0.717, 1.165) is 36.7 Å². The van der Waals surface area contributed by atoms with Crippen LogP contribution in [0.1, 0.15) is 36.0 Å². The van der Waals surface area contributed by atoms with Crippen molar-refractivity contribution >= 4 is 52.4 Å². The lowest BCUT2D eigenvalue weighted by Crippen LogP contribution is -2.38. The number of aliphatic imine (C=N–C) groups is 1. The molecule has 4 N–H and O–H groups in total. The van der Waals surface area contributed by atoms with E-state index in [1.807, 2.05) is 18.2 Å². The molecule has 31 heavy (non-hydrogen) atoms. The van der Waals surface area contributed by atoms with E-state index in [0.29, 0.717) is 13.0 Å². The lowest BCUT2D eigenvalue weighted by atomic mass is 9.91. The third kappa shape index (κ3) is 5.39. The molecule has 2 heterocycles. The van der Waals surface area contributed by atoms with Gasteiger partial charge in [-0.1, -0.05) is 30.3 Å². The van der Waals surface area contributed by atoms with Crippen LogP contribution in [-0.4, -0.2) is 36.5 Å². The molecule has 4 rings (SSSR count). The monoisotopic (exact) mass is 531 g/mol. The number of amides is 1. The summed E-state index contributed by atoms with van der Waals surface area (Å²) in [6, 6.07) is 14.3. The molecule has 3 aromatic rings. The van der Waals surface area contributed by atoms with E-state index in [2.05, 4.69) is 65.2 Å². The number of anilines is 1. The van der Waals surface area contributed by atoms with Gasteiger partial charge >= 0.3 is 0 Å². The van der Waals surface area contributed by atoms with Crippen molar-refractivity contribution in [3.05, 3.63) is 65.4 Å². The molecule has 0 saturated carbocycles. The second kappa shape index (κ2) is 10.7. The van der Waals surface area contributed by atoms with Crippen LogP contribution in [-0.2, 0) is 11.2 Å². The highest BCUT2D eigenvalue weighted by Crippen LogP contribution is 2.32. The molecule has 1 unspecified atom stereocenters. The smallest absolute Gasteiger partial charge is 0.225 e. The Morgan fingerprint density at radius 1 is 1.16 bits per heavy atom. The van der Waals surface area contributed by atoms with Gasteiger partial charge in [0.15, 0.2) is 5.96 Å². The average Bonchev–Trinajstić information content (AvgIpc) is 3.16. The summed E-state index contributed by atoms with van der Waals surface area (Å²) >= 11 is 0. The second-order valence-corrected chi connectivity index (χ2v) is 7.74. The summed E-state index contributed by atoms with van der Waals surface area (Å²) in [5, 5.41) is 11.0. The predicted molar refractivity (Wildman–Crippen MR) is 139 cm³/mol. The van der Waals surface area contributed by atoms with Crippen LogP contribution in [0.3, 0.4) is 0 Å². The van der Waals surface area contributed by atoms with Crippen molar-refractivity contribution in [3.8, 4) is 0 Å². The lowest BCUT2D eigenvalue weighted by molar-refractivity contribution is -0.116. The topological polar surface area (TPSA) is 81.3 Å². The van der Waals surface area contributed by atoms with Crippen LogP contribution >= 0.6 is 24.0 Å². The first-order chi connectivity index (χ1) is 14.7. The molecule has 1 amide bonds. The summed E-state index contributed by atoms with van der Waals surface area (Å²) in [6.45, 7) is 6.36. The number of para-hydroxylation sites is 1. The van der Waals surface area contributed by atoms with Gasteiger partial charge < -0.3 is 20.9 Å². The molecular formula is C24H30IN5O. The van der Waals surface area contributed by atoms with Crippen LogP contribution in [0.5, 0.6) is 0 Å². The number of fused-ring (bicyclic) bond motifs is 2. The molecule has 0 radical (unpaired) electrons. The third-order valence-electron chi connectivity index (χ3n) is 5.60. The van der Waals surface area contributed by atoms with Gasteiger partial charge in [-0.05, 0) is 49.1 Å². The molecule has 0 aliphatic carbocycles. The maximum atomic E-state index is 12.1. The first kappa shape index (κ1) is 23.1. The Labute approximate surface area is 200 Å². The summed E-state index contributed by atoms with van der Waals surface area (Å²) < 4.78 is 0. The Balaban J connectivity index is 0.00000272. The number of aromatic amines is 1. The Morgan fingerprint density at radius 3 is 2.84 bits per heavy atom. The quantitative estimate of drug-likeness (QED) is 0.217. The summed E-state index contributed by atoms with van der Waals surface area (Å²) in [5.41, 5.74) is 5.84. The summed E-state index contributed by atoms with van der Waals surface area (Å²) in [5.74, 6) is 0.945. The summed E-state index contributed by atoms with van der Waals surface area (Å²) in [6.07, 6.45) is 3.47. The minimum absolute atomic E-state index is 0. The van der Waals surface area contributed by atoms with Crippen molar-refractivity contribution in [2.45, 2.75) is 32.6 Å². The van der Waals surface area contributed by atoms with Crippen molar-refractivity contribution in [1.29, 1.82) is 0 Å². The molecule has 0 saturated heterocycles. The van der Waals surface area contributed by atoms with E-state index in [1.54, 1.807) is 0 Å². The van der Waals surface area contributed by atoms with E-state index in [9.17, 15) is 4.79 Å². The number of carbonyl (C=O) groups excluding carboxylic acids is 1. The second-order valence-electron chi connectivity index (χ2n) is 7.74. The molecular weight excluding hydrogens is 501 g/mol. The van der Waals surface area contributed by atoms with E-state index in [-0.39, 0.29) is 35.8 Å². The third-order valence-corrected chi connectivity index (χ3v) is 5.60. The minimum atomic E-state index is 0. The number of halogens is 1. The SMILES string of the molecule is CCNC(=NCC1CC(=O)Nc2ccccc21)NCCc1c[nH]c2cccc(C)c12.I. The average molecular weight is 531 g/mol. The van der Waals surface area contributed by atoms with Gasteiger partial charge in [-0.3, -0.25) is 9.79 Å². The van der Waals surface area contributed by atoms with Crippen molar-refractivity contribution < 1.29 is 4.79 Å². The fraction of sp³-hybridized carbons (Fsp3) is 0.333. The molecule has 1 atom stereocenters. The molecule has 1 aliphatic heterocycles. The van der Waals surface area contributed by atoms with E-state index < -0.39 is 0 Å². The molecule has 1 aromatic heterocycles. The molecule has 6 nitrogen and oxygen atoms in total. The normalized spacial score (nSPS) is 15.7. The summed E-state index contributed by atoms with van der Waals surface area (Å²) in [7, 11) is 0. The Morgan fingerprint density at radius 2 is 2.00 bits per heavy atom. The van der Waals surface area contributed by atoms with Gasteiger partial charge in [0.05, 0.1) is 6.54 Å². The van der Waals surface area contributed by atoms with Crippen molar-refractivity contribution in [2.75, 3.05) is 25.0 Å². The van der Waals surface area contributed by atoms with Gasteiger partial charge in [0.25, 0.3) is 0 Å². The van der Waals surface area contributed by atoms with Gasteiger partial charge in [0.2, 0.25) is 5.91 Å². The van der Waals surface area contributed by atoms with Gasteiger partial charge in [0.1, 0.15) is 0 Å². The molecule has 2 aromatic carbocycles. The first-order valence-electron chi connectivity index (χ1n) is 10.6. The fourth-order valence-corrected chi connectivity index (χ4v) is 4.17. The van der Waals surface area contributed by atoms with E-state index >= 15 is 0 Å².